The van der Waals surface area contributed by atoms with Gasteiger partial charge in [-0.3, -0.25) is 0 Å². The lowest BCUT2D eigenvalue weighted by molar-refractivity contribution is -0.162. The van der Waals surface area contributed by atoms with E-state index < -0.39 is 5.79 Å². The van der Waals surface area contributed by atoms with Gasteiger partial charge >= 0.3 is 0 Å². The van der Waals surface area contributed by atoms with Crippen molar-refractivity contribution in [1.29, 1.82) is 0 Å². The molecule has 4 unspecified atom stereocenters. The molecule has 1 saturated heterocycles. The average molecular weight is 465 g/mol. The Hall–Kier alpha value is -1.49. The van der Waals surface area contributed by atoms with Crippen molar-refractivity contribution in [1.82, 2.24) is 25.0 Å². The topological polar surface area (TPSA) is 107 Å². The van der Waals surface area contributed by atoms with E-state index in [2.05, 4.69) is 43.3 Å². The number of rotatable bonds is 8. The number of aliphatic hydroxyl groups is 1. The van der Waals surface area contributed by atoms with E-state index in [0.717, 1.165) is 36.1 Å². The molecule has 2 aromatic heterocycles. The van der Waals surface area contributed by atoms with Crippen molar-refractivity contribution in [2.24, 2.45) is 11.3 Å². The van der Waals surface area contributed by atoms with Gasteiger partial charge in [0.15, 0.2) is 27.9 Å². The van der Waals surface area contributed by atoms with E-state index in [1.807, 2.05) is 18.5 Å². The summed E-state index contributed by atoms with van der Waals surface area (Å²) in [5, 5.41) is 23.1. The Labute approximate surface area is 194 Å². The first-order valence-corrected chi connectivity index (χ1v) is 12.6. The maximum atomic E-state index is 9.94. The molecule has 1 aliphatic heterocycles. The standard InChI is InChI=1S/C22H36N6O3S/c1-7-10-32-20-24-18(23-9-8-21(2,3)4)15-19(25-20)28(27-26-15)14-11-13(12-29)16-17(14)31-22(5,6)30-16/h13-14,16-17,29H,7-12H2,1-6H3,(H,23,24,25). The minimum absolute atomic E-state index is 0.00817. The highest BCUT2D eigenvalue weighted by molar-refractivity contribution is 7.99. The van der Waals surface area contributed by atoms with Crippen molar-refractivity contribution in [3.63, 3.8) is 0 Å². The van der Waals surface area contributed by atoms with Gasteiger partial charge in [0, 0.05) is 24.8 Å². The summed E-state index contributed by atoms with van der Waals surface area (Å²) in [5.74, 6) is 0.974. The molecule has 2 fully saturated rings. The summed E-state index contributed by atoms with van der Waals surface area (Å²) in [7, 11) is 0. The third-order valence-corrected chi connectivity index (χ3v) is 7.06. The number of anilines is 1. The summed E-state index contributed by atoms with van der Waals surface area (Å²) in [4.78, 5) is 9.57. The van der Waals surface area contributed by atoms with Crippen LogP contribution in [0.5, 0.6) is 0 Å². The zero-order chi connectivity index (χ0) is 23.1. The largest absolute Gasteiger partial charge is 0.396 e. The molecule has 2 aliphatic rings. The molecule has 9 nitrogen and oxygen atoms in total. The van der Waals surface area contributed by atoms with Crippen molar-refractivity contribution in [3.8, 4) is 0 Å². The molecule has 0 aromatic carbocycles. The Balaban J connectivity index is 1.68. The van der Waals surface area contributed by atoms with Gasteiger partial charge in [-0.2, -0.15) is 0 Å². The first-order chi connectivity index (χ1) is 15.1. The molecule has 3 heterocycles. The van der Waals surface area contributed by atoms with Crippen molar-refractivity contribution in [2.45, 2.75) is 90.0 Å². The van der Waals surface area contributed by atoms with Crippen LogP contribution in [0.25, 0.3) is 11.2 Å². The van der Waals surface area contributed by atoms with Gasteiger partial charge in [-0.25, -0.2) is 14.6 Å². The van der Waals surface area contributed by atoms with Gasteiger partial charge < -0.3 is 19.9 Å². The van der Waals surface area contributed by atoms with Gasteiger partial charge in [0.05, 0.1) is 12.1 Å². The van der Waals surface area contributed by atoms with E-state index in [9.17, 15) is 5.11 Å². The molecule has 0 amide bonds. The first kappa shape index (κ1) is 23.7. The molecule has 2 aromatic rings. The van der Waals surface area contributed by atoms with Crippen LogP contribution >= 0.6 is 11.8 Å². The van der Waals surface area contributed by atoms with E-state index >= 15 is 0 Å². The van der Waals surface area contributed by atoms with E-state index in [-0.39, 0.29) is 36.2 Å². The summed E-state index contributed by atoms with van der Waals surface area (Å²) in [6.07, 6.45) is 2.38. The number of ether oxygens (including phenoxy) is 2. The van der Waals surface area contributed by atoms with Crippen molar-refractivity contribution >= 4 is 28.7 Å². The van der Waals surface area contributed by atoms with Gasteiger partial charge in [0.1, 0.15) is 6.10 Å². The van der Waals surface area contributed by atoms with Crippen LogP contribution in [0.3, 0.4) is 0 Å². The van der Waals surface area contributed by atoms with E-state index in [0.29, 0.717) is 17.6 Å². The van der Waals surface area contributed by atoms with Crippen LogP contribution < -0.4 is 5.32 Å². The van der Waals surface area contributed by atoms with Crippen LogP contribution in [0.4, 0.5) is 5.82 Å². The summed E-state index contributed by atoms with van der Waals surface area (Å²) in [6, 6.07) is -0.106. The molecule has 1 saturated carbocycles. The van der Waals surface area contributed by atoms with Crippen molar-refractivity contribution < 1.29 is 14.6 Å². The van der Waals surface area contributed by atoms with Gasteiger partial charge in [-0.15, -0.1) is 5.10 Å². The van der Waals surface area contributed by atoms with Crippen LogP contribution in [-0.2, 0) is 9.47 Å². The van der Waals surface area contributed by atoms with Crippen LogP contribution in [0.1, 0.15) is 66.8 Å². The predicted molar refractivity (Wildman–Crippen MR) is 125 cm³/mol. The van der Waals surface area contributed by atoms with Gasteiger partial charge in [-0.05, 0) is 38.5 Å². The van der Waals surface area contributed by atoms with Crippen LogP contribution in [-0.4, -0.2) is 67.0 Å². The zero-order valence-corrected chi connectivity index (χ0v) is 20.8. The second kappa shape index (κ2) is 9.04. The lowest BCUT2D eigenvalue weighted by atomic mass is 9.92. The molecule has 4 atom stereocenters. The summed E-state index contributed by atoms with van der Waals surface area (Å²) < 4.78 is 14.2. The maximum absolute atomic E-state index is 9.94. The second-order valence-corrected chi connectivity index (χ2v) is 11.5. The van der Waals surface area contributed by atoms with Crippen LogP contribution in [0.15, 0.2) is 5.16 Å². The Bertz CT molecular complexity index is 944. The molecule has 10 heteroatoms. The Morgan fingerprint density at radius 2 is 1.97 bits per heavy atom. The van der Waals surface area contributed by atoms with Gasteiger partial charge in [0.25, 0.3) is 0 Å². The zero-order valence-electron chi connectivity index (χ0n) is 20.0. The first-order valence-electron chi connectivity index (χ1n) is 11.6. The molecule has 0 radical (unpaired) electrons. The van der Waals surface area contributed by atoms with Gasteiger partial charge in [-0.1, -0.05) is 44.7 Å². The predicted octanol–water partition coefficient (Wildman–Crippen LogP) is 3.64. The Morgan fingerprint density at radius 3 is 2.66 bits per heavy atom. The number of fused-ring (bicyclic) bond motifs is 2. The highest BCUT2D eigenvalue weighted by Gasteiger charge is 2.55. The molecule has 0 spiro atoms. The molecule has 1 aliphatic carbocycles. The minimum atomic E-state index is -0.686. The van der Waals surface area contributed by atoms with Crippen LogP contribution in [0.2, 0.25) is 0 Å². The minimum Gasteiger partial charge on any atom is -0.396 e. The number of nitrogens with zero attached hydrogens (tertiary/aromatic N) is 5. The van der Waals surface area contributed by atoms with Crippen molar-refractivity contribution in [3.05, 3.63) is 0 Å². The number of hydrogen-bond acceptors (Lipinski definition) is 9. The fourth-order valence-electron chi connectivity index (χ4n) is 4.45. The lowest BCUT2D eigenvalue weighted by Gasteiger charge is -2.23. The van der Waals surface area contributed by atoms with Crippen LogP contribution in [0, 0.1) is 11.3 Å². The monoisotopic (exact) mass is 464 g/mol. The number of thioether (sulfide) groups is 1. The quantitative estimate of drug-likeness (QED) is 0.447. The number of hydrogen-bond donors (Lipinski definition) is 2. The van der Waals surface area contributed by atoms with Crippen molar-refractivity contribution in [2.75, 3.05) is 24.2 Å². The molecular formula is C22H36N6O3S. The fourth-order valence-corrected chi connectivity index (χ4v) is 5.14. The van der Waals surface area contributed by atoms with E-state index in [4.69, 9.17) is 19.4 Å². The third-order valence-electron chi connectivity index (χ3n) is 6.01. The van der Waals surface area contributed by atoms with E-state index in [1.54, 1.807) is 11.8 Å². The maximum Gasteiger partial charge on any atom is 0.191 e. The Morgan fingerprint density at radius 1 is 1.22 bits per heavy atom. The smallest absolute Gasteiger partial charge is 0.191 e. The fraction of sp³-hybridized carbons (Fsp3) is 0.818. The number of aromatic nitrogens is 5. The number of nitrogens with one attached hydrogen (secondary N) is 1. The number of aliphatic hydroxyl groups excluding tert-OH is 1. The van der Waals surface area contributed by atoms with E-state index in [1.165, 1.54) is 0 Å². The third kappa shape index (κ3) is 4.88. The summed E-state index contributed by atoms with van der Waals surface area (Å²) >= 11 is 1.64. The molecular weight excluding hydrogens is 428 g/mol. The average Bonchev–Trinajstić information content (AvgIpc) is 3.35. The lowest BCUT2D eigenvalue weighted by Crippen LogP contribution is -2.28. The normalized spacial score (nSPS) is 27.2. The SMILES string of the molecule is CCCSc1nc(NCCC(C)(C)C)c2nnn(C3CC(CO)C4OC(C)(C)OC43)c2n1. The Kier molecular flexibility index (Phi) is 6.68. The highest BCUT2D eigenvalue weighted by atomic mass is 32.2. The molecule has 178 valence electrons. The molecule has 4 rings (SSSR count). The van der Waals surface area contributed by atoms with Gasteiger partial charge in [0.2, 0.25) is 0 Å². The molecule has 0 bridgehead atoms. The molecule has 2 N–H and O–H groups in total. The summed E-state index contributed by atoms with van der Waals surface area (Å²) in [6.45, 7) is 13.5. The summed E-state index contributed by atoms with van der Waals surface area (Å²) in [5.41, 5.74) is 1.59. The molecule has 32 heavy (non-hydrogen) atoms. The second-order valence-electron chi connectivity index (χ2n) is 10.5. The highest BCUT2D eigenvalue weighted by Crippen LogP contribution is 2.47.